The van der Waals surface area contributed by atoms with Crippen molar-refractivity contribution in [3.63, 3.8) is 0 Å². The summed E-state index contributed by atoms with van der Waals surface area (Å²) < 4.78 is 7.21. The lowest BCUT2D eigenvalue weighted by atomic mass is 10.2. The summed E-state index contributed by atoms with van der Waals surface area (Å²) in [5.41, 5.74) is 1.83. The summed E-state index contributed by atoms with van der Waals surface area (Å²) in [5.74, 6) is -0.190. The third kappa shape index (κ3) is 4.77. The highest BCUT2D eigenvalue weighted by atomic mass is 35.5. The minimum atomic E-state index is -0.364. The molecule has 1 aromatic carbocycles. The number of hydrogen-bond acceptors (Lipinski definition) is 4. The van der Waals surface area contributed by atoms with Crippen LogP contribution in [0.15, 0.2) is 48.8 Å². The number of carbonyl (C=O) groups excluding carboxylic acids is 2. The summed E-state index contributed by atoms with van der Waals surface area (Å²) >= 11 is 5.94. The van der Waals surface area contributed by atoms with Crippen molar-refractivity contribution in [3.8, 4) is 5.75 Å². The number of carbonyl (C=O) groups is 2. The van der Waals surface area contributed by atoms with Gasteiger partial charge < -0.3 is 19.8 Å². The van der Waals surface area contributed by atoms with E-state index in [-0.39, 0.29) is 24.9 Å². The average molecular weight is 387 g/mol. The predicted octanol–water partition coefficient (Wildman–Crippen LogP) is 2.43. The van der Waals surface area contributed by atoms with Crippen molar-refractivity contribution in [1.29, 1.82) is 0 Å². The second-order valence-corrected chi connectivity index (χ2v) is 6.17. The summed E-state index contributed by atoms with van der Waals surface area (Å²) in [4.78, 5) is 28.7. The van der Waals surface area contributed by atoms with Gasteiger partial charge in [0, 0.05) is 12.4 Å². The van der Waals surface area contributed by atoms with Crippen LogP contribution in [0.3, 0.4) is 0 Å². The Bertz CT molecular complexity index is 970. The molecular weight excluding hydrogens is 368 g/mol. The maximum Gasteiger partial charge on any atom is 0.255 e. The van der Waals surface area contributed by atoms with E-state index in [2.05, 4.69) is 15.6 Å². The maximum absolute atomic E-state index is 12.3. The van der Waals surface area contributed by atoms with E-state index in [9.17, 15) is 9.59 Å². The minimum absolute atomic E-state index is 0.140. The molecule has 3 aromatic rings. The molecule has 140 valence electrons. The first-order valence-electron chi connectivity index (χ1n) is 8.46. The quantitative estimate of drug-likeness (QED) is 0.653. The Hall–Kier alpha value is -3.06. The number of nitrogens with one attached hydrogen (secondary N) is 2. The van der Waals surface area contributed by atoms with Crippen molar-refractivity contribution in [3.05, 3.63) is 65.1 Å². The molecule has 0 atom stereocenters. The Morgan fingerprint density at radius 3 is 2.78 bits per heavy atom. The van der Waals surface area contributed by atoms with Crippen LogP contribution >= 0.6 is 11.6 Å². The van der Waals surface area contributed by atoms with Gasteiger partial charge in [-0.2, -0.15) is 0 Å². The standard InChI is InChI=1S/C19H19ClN4O3/c1-2-27-16-6-4-3-5-15(16)19(26)22-10-18(25)21-9-14-12-24-11-13(20)7-8-17(24)23-14/h3-8,11-12H,2,9-10H2,1H3,(H,21,25)(H,22,26). The van der Waals surface area contributed by atoms with Crippen LogP contribution in [-0.2, 0) is 11.3 Å². The van der Waals surface area contributed by atoms with Crippen LogP contribution in [0.4, 0.5) is 0 Å². The van der Waals surface area contributed by atoms with Gasteiger partial charge in [-0.25, -0.2) is 4.98 Å². The van der Waals surface area contributed by atoms with Gasteiger partial charge in [0.25, 0.3) is 5.91 Å². The molecule has 0 radical (unpaired) electrons. The molecule has 0 aliphatic heterocycles. The highest BCUT2D eigenvalue weighted by Gasteiger charge is 2.13. The van der Waals surface area contributed by atoms with Gasteiger partial charge in [-0.05, 0) is 31.2 Å². The lowest BCUT2D eigenvalue weighted by Gasteiger charge is -2.10. The number of nitrogens with zero attached hydrogens (tertiary/aromatic N) is 2. The summed E-state index contributed by atoms with van der Waals surface area (Å²) in [6.45, 7) is 2.41. The van der Waals surface area contributed by atoms with Crippen LogP contribution in [-0.4, -0.2) is 34.4 Å². The van der Waals surface area contributed by atoms with Crippen LogP contribution in [0.2, 0.25) is 5.02 Å². The van der Waals surface area contributed by atoms with Gasteiger partial charge in [0.15, 0.2) is 0 Å². The van der Waals surface area contributed by atoms with Gasteiger partial charge in [0.2, 0.25) is 5.91 Å². The zero-order valence-electron chi connectivity index (χ0n) is 14.7. The average Bonchev–Trinajstić information content (AvgIpc) is 3.07. The Morgan fingerprint density at radius 1 is 1.15 bits per heavy atom. The highest BCUT2D eigenvalue weighted by molar-refractivity contribution is 6.30. The Labute approximate surface area is 161 Å². The number of fused-ring (bicyclic) bond motifs is 1. The lowest BCUT2D eigenvalue weighted by Crippen LogP contribution is -2.36. The van der Waals surface area contributed by atoms with Crippen LogP contribution in [0.5, 0.6) is 5.75 Å². The Kier molecular flexibility index (Phi) is 5.93. The van der Waals surface area contributed by atoms with Gasteiger partial charge >= 0.3 is 0 Å². The number of halogens is 1. The topological polar surface area (TPSA) is 84.7 Å². The number of ether oxygens (including phenoxy) is 1. The number of pyridine rings is 1. The lowest BCUT2D eigenvalue weighted by molar-refractivity contribution is -0.120. The number of rotatable bonds is 7. The van der Waals surface area contributed by atoms with E-state index in [1.165, 1.54) is 0 Å². The predicted molar refractivity (Wildman–Crippen MR) is 102 cm³/mol. The van der Waals surface area contributed by atoms with Gasteiger partial charge in [-0.3, -0.25) is 9.59 Å². The fraction of sp³-hybridized carbons (Fsp3) is 0.211. The Morgan fingerprint density at radius 2 is 1.96 bits per heavy atom. The molecule has 0 spiro atoms. The maximum atomic E-state index is 12.3. The van der Waals surface area contributed by atoms with Gasteiger partial charge in [-0.1, -0.05) is 23.7 Å². The smallest absolute Gasteiger partial charge is 0.255 e. The number of benzene rings is 1. The summed E-state index contributed by atoms with van der Waals surface area (Å²) in [6.07, 6.45) is 3.53. The summed E-state index contributed by atoms with van der Waals surface area (Å²) in [6, 6.07) is 10.4. The zero-order valence-corrected chi connectivity index (χ0v) is 15.5. The van der Waals surface area contributed by atoms with Crippen LogP contribution < -0.4 is 15.4 Å². The largest absolute Gasteiger partial charge is 0.493 e. The fourth-order valence-corrected chi connectivity index (χ4v) is 2.71. The van der Waals surface area contributed by atoms with Crippen molar-refractivity contribution >= 4 is 29.1 Å². The second kappa shape index (κ2) is 8.55. The number of para-hydroxylation sites is 1. The van der Waals surface area contributed by atoms with Crippen molar-refractivity contribution in [2.75, 3.05) is 13.2 Å². The first-order chi connectivity index (χ1) is 13.1. The molecule has 2 aromatic heterocycles. The fourth-order valence-electron chi connectivity index (χ4n) is 2.55. The first kappa shape index (κ1) is 18.7. The van der Waals surface area contributed by atoms with Gasteiger partial charge in [0.05, 0.1) is 36.0 Å². The van der Waals surface area contributed by atoms with Gasteiger partial charge in [-0.15, -0.1) is 0 Å². The van der Waals surface area contributed by atoms with Crippen molar-refractivity contribution in [1.82, 2.24) is 20.0 Å². The summed E-state index contributed by atoms with van der Waals surface area (Å²) in [5, 5.41) is 5.92. The zero-order chi connectivity index (χ0) is 19.2. The van der Waals surface area contributed by atoms with E-state index in [0.29, 0.717) is 28.6 Å². The number of hydrogen-bond donors (Lipinski definition) is 2. The second-order valence-electron chi connectivity index (χ2n) is 5.73. The minimum Gasteiger partial charge on any atom is -0.493 e. The molecule has 7 nitrogen and oxygen atoms in total. The molecule has 2 heterocycles. The van der Waals surface area contributed by atoms with E-state index in [1.54, 1.807) is 53.2 Å². The molecule has 2 amide bonds. The van der Waals surface area contributed by atoms with E-state index >= 15 is 0 Å². The van der Waals surface area contributed by atoms with E-state index in [0.717, 1.165) is 5.65 Å². The molecule has 3 rings (SSSR count). The Balaban J connectivity index is 1.52. The number of imidazole rings is 1. The molecule has 8 heteroatoms. The molecule has 0 aliphatic rings. The molecule has 0 aliphatic carbocycles. The first-order valence-corrected chi connectivity index (χ1v) is 8.84. The molecule has 0 fully saturated rings. The van der Waals surface area contributed by atoms with Crippen LogP contribution in [0.25, 0.3) is 5.65 Å². The van der Waals surface area contributed by atoms with Gasteiger partial charge in [0.1, 0.15) is 11.4 Å². The third-order valence-electron chi connectivity index (χ3n) is 3.77. The molecule has 0 bridgehead atoms. The number of amides is 2. The molecular formula is C19H19ClN4O3. The monoisotopic (exact) mass is 386 g/mol. The van der Waals surface area contributed by atoms with Crippen molar-refractivity contribution in [2.45, 2.75) is 13.5 Å². The number of aromatic nitrogens is 2. The van der Waals surface area contributed by atoms with Crippen LogP contribution in [0.1, 0.15) is 23.0 Å². The summed E-state index contributed by atoms with van der Waals surface area (Å²) in [7, 11) is 0. The molecule has 0 saturated carbocycles. The normalized spacial score (nSPS) is 10.6. The van der Waals surface area contributed by atoms with Crippen LogP contribution in [0, 0.1) is 0 Å². The van der Waals surface area contributed by atoms with E-state index in [4.69, 9.17) is 16.3 Å². The van der Waals surface area contributed by atoms with Crippen molar-refractivity contribution < 1.29 is 14.3 Å². The molecule has 0 unspecified atom stereocenters. The third-order valence-corrected chi connectivity index (χ3v) is 4.00. The van der Waals surface area contributed by atoms with Crippen molar-refractivity contribution in [2.24, 2.45) is 0 Å². The van der Waals surface area contributed by atoms with E-state index in [1.807, 2.05) is 6.92 Å². The van der Waals surface area contributed by atoms with E-state index < -0.39 is 0 Å². The molecule has 2 N–H and O–H groups in total. The molecule has 27 heavy (non-hydrogen) atoms. The SMILES string of the molecule is CCOc1ccccc1C(=O)NCC(=O)NCc1cn2cc(Cl)ccc2n1. The molecule has 0 saturated heterocycles. The highest BCUT2D eigenvalue weighted by Crippen LogP contribution is 2.17.